The van der Waals surface area contributed by atoms with Gasteiger partial charge in [0, 0.05) is 22.2 Å². The molecule has 100 valence electrons. The standard InChI is InChI=1S/C15H16BrNO2/c1-2-19-10-9-15(18)17-14-8-7-13(16)11-5-3-4-6-12(11)14/h3-8H,2,9-10H2,1H3,(H,17,18). The van der Waals surface area contributed by atoms with Crippen LogP contribution in [0.2, 0.25) is 0 Å². The van der Waals surface area contributed by atoms with Crippen LogP contribution in [0.25, 0.3) is 10.8 Å². The summed E-state index contributed by atoms with van der Waals surface area (Å²) in [6.07, 6.45) is 0.373. The second-order valence-corrected chi connectivity index (χ2v) is 4.99. The van der Waals surface area contributed by atoms with E-state index in [0.717, 1.165) is 20.9 Å². The van der Waals surface area contributed by atoms with Crippen molar-refractivity contribution in [3.05, 3.63) is 40.9 Å². The van der Waals surface area contributed by atoms with Gasteiger partial charge in [-0.25, -0.2) is 0 Å². The Morgan fingerprint density at radius 2 is 1.95 bits per heavy atom. The topological polar surface area (TPSA) is 38.3 Å². The molecule has 4 heteroatoms. The minimum absolute atomic E-state index is 0.0269. The number of carbonyl (C=O) groups is 1. The van der Waals surface area contributed by atoms with Crippen LogP contribution in [0, 0.1) is 0 Å². The Morgan fingerprint density at radius 1 is 1.21 bits per heavy atom. The van der Waals surface area contributed by atoms with Gasteiger partial charge in [0.2, 0.25) is 5.91 Å². The summed E-state index contributed by atoms with van der Waals surface area (Å²) in [7, 11) is 0. The Kier molecular flexibility index (Phi) is 4.93. The van der Waals surface area contributed by atoms with Gasteiger partial charge in [0.25, 0.3) is 0 Å². The first-order valence-electron chi connectivity index (χ1n) is 6.27. The largest absolute Gasteiger partial charge is 0.381 e. The molecule has 2 aromatic rings. The van der Waals surface area contributed by atoms with E-state index in [0.29, 0.717) is 19.6 Å². The molecule has 1 N–H and O–H groups in total. The van der Waals surface area contributed by atoms with E-state index in [9.17, 15) is 4.79 Å². The summed E-state index contributed by atoms with van der Waals surface area (Å²) in [5, 5.41) is 5.05. The van der Waals surface area contributed by atoms with Crippen molar-refractivity contribution in [2.24, 2.45) is 0 Å². The number of fused-ring (bicyclic) bond motifs is 1. The molecule has 3 nitrogen and oxygen atoms in total. The zero-order valence-corrected chi connectivity index (χ0v) is 12.4. The van der Waals surface area contributed by atoms with Crippen LogP contribution in [0.1, 0.15) is 13.3 Å². The monoisotopic (exact) mass is 321 g/mol. The van der Waals surface area contributed by atoms with Crippen molar-refractivity contribution in [1.82, 2.24) is 0 Å². The van der Waals surface area contributed by atoms with Crippen LogP contribution < -0.4 is 5.32 Å². The van der Waals surface area contributed by atoms with Gasteiger partial charge < -0.3 is 10.1 Å². The number of amides is 1. The van der Waals surface area contributed by atoms with E-state index in [1.807, 2.05) is 43.3 Å². The fourth-order valence-corrected chi connectivity index (χ4v) is 2.37. The fourth-order valence-electron chi connectivity index (χ4n) is 1.89. The van der Waals surface area contributed by atoms with Crippen LogP contribution in [0.5, 0.6) is 0 Å². The normalized spacial score (nSPS) is 10.6. The molecule has 0 fully saturated rings. The Bertz CT molecular complexity index is 583. The number of ether oxygens (including phenoxy) is 1. The minimum atomic E-state index is -0.0269. The Morgan fingerprint density at radius 3 is 2.68 bits per heavy atom. The van der Waals surface area contributed by atoms with Crippen molar-refractivity contribution < 1.29 is 9.53 Å². The maximum atomic E-state index is 11.8. The molecule has 0 aliphatic heterocycles. The van der Waals surface area contributed by atoms with E-state index < -0.39 is 0 Å². The highest BCUT2D eigenvalue weighted by molar-refractivity contribution is 9.10. The van der Waals surface area contributed by atoms with Crippen molar-refractivity contribution in [2.45, 2.75) is 13.3 Å². The van der Waals surface area contributed by atoms with Gasteiger partial charge in [0.15, 0.2) is 0 Å². The lowest BCUT2D eigenvalue weighted by Gasteiger charge is -2.10. The van der Waals surface area contributed by atoms with E-state index in [1.54, 1.807) is 0 Å². The number of hydrogen-bond acceptors (Lipinski definition) is 2. The van der Waals surface area contributed by atoms with Crippen molar-refractivity contribution in [3.8, 4) is 0 Å². The quantitative estimate of drug-likeness (QED) is 0.846. The van der Waals surface area contributed by atoms with Gasteiger partial charge in [-0.2, -0.15) is 0 Å². The van der Waals surface area contributed by atoms with Crippen LogP contribution in [-0.2, 0) is 9.53 Å². The Balaban J connectivity index is 2.17. The summed E-state index contributed by atoms with van der Waals surface area (Å²) in [6.45, 7) is 3.01. The molecule has 2 rings (SSSR count). The molecular weight excluding hydrogens is 306 g/mol. The maximum absolute atomic E-state index is 11.8. The molecule has 1 amide bonds. The number of anilines is 1. The van der Waals surface area contributed by atoms with E-state index in [-0.39, 0.29) is 5.91 Å². The van der Waals surface area contributed by atoms with Gasteiger partial charge in [-0.05, 0) is 24.4 Å². The molecule has 0 saturated heterocycles. The first-order valence-corrected chi connectivity index (χ1v) is 7.06. The van der Waals surface area contributed by atoms with Crippen molar-refractivity contribution in [2.75, 3.05) is 18.5 Å². The third kappa shape index (κ3) is 3.55. The molecule has 0 atom stereocenters. The molecule has 2 aromatic carbocycles. The highest BCUT2D eigenvalue weighted by Crippen LogP contribution is 2.29. The molecule has 0 unspecified atom stereocenters. The summed E-state index contributed by atoms with van der Waals surface area (Å²) in [5.74, 6) is -0.0269. The third-order valence-corrected chi connectivity index (χ3v) is 3.51. The van der Waals surface area contributed by atoms with E-state index >= 15 is 0 Å². The Labute approximate surface area is 121 Å². The van der Waals surface area contributed by atoms with Crippen LogP contribution in [-0.4, -0.2) is 19.1 Å². The molecule has 0 radical (unpaired) electrons. The summed E-state index contributed by atoms with van der Waals surface area (Å²) in [5.41, 5.74) is 0.834. The first-order chi connectivity index (χ1) is 9.22. The number of hydrogen-bond donors (Lipinski definition) is 1. The maximum Gasteiger partial charge on any atom is 0.226 e. The first kappa shape index (κ1) is 14.0. The summed E-state index contributed by atoms with van der Waals surface area (Å²) >= 11 is 3.52. The number of halogens is 1. The van der Waals surface area contributed by atoms with E-state index in [1.165, 1.54) is 0 Å². The number of nitrogens with one attached hydrogen (secondary N) is 1. The number of rotatable bonds is 5. The smallest absolute Gasteiger partial charge is 0.226 e. The molecule has 0 aliphatic carbocycles. The lowest BCUT2D eigenvalue weighted by Crippen LogP contribution is -2.14. The zero-order chi connectivity index (χ0) is 13.7. The van der Waals surface area contributed by atoms with Crippen molar-refractivity contribution in [3.63, 3.8) is 0 Å². The molecule has 0 spiro atoms. The van der Waals surface area contributed by atoms with Gasteiger partial charge in [-0.3, -0.25) is 4.79 Å². The second kappa shape index (κ2) is 6.68. The fraction of sp³-hybridized carbons (Fsp3) is 0.267. The number of carbonyl (C=O) groups excluding carboxylic acids is 1. The average molecular weight is 322 g/mol. The van der Waals surface area contributed by atoms with Gasteiger partial charge in [0.1, 0.15) is 0 Å². The average Bonchev–Trinajstić information content (AvgIpc) is 2.43. The highest BCUT2D eigenvalue weighted by atomic mass is 79.9. The van der Waals surface area contributed by atoms with E-state index in [2.05, 4.69) is 21.2 Å². The van der Waals surface area contributed by atoms with Gasteiger partial charge in [0.05, 0.1) is 13.0 Å². The highest BCUT2D eigenvalue weighted by Gasteiger charge is 2.07. The second-order valence-electron chi connectivity index (χ2n) is 4.14. The zero-order valence-electron chi connectivity index (χ0n) is 10.8. The third-order valence-electron chi connectivity index (χ3n) is 2.82. The lowest BCUT2D eigenvalue weighted by molar-refractivity contribution is -0.117. The van der Waals surface area contributed by atoms with Crippen molar-refractivity contribution >= 4 is 38.3 Å². The lowest BCUT2D eigenvalue weighted by atomic mass is 10.1. The van der Waals surface area contributed by atoms with Gasteiger partial charge >= 0.3 is 0 Å². The number of benzene rings is 2. The predicted octanol–water partition coefficient (Wildman–Crippen LogP) is 3.97. The van der Waals surface area contributed by atoms with Gasteiger partial charge in [-0.15, -0.1) is 0 Å². The van der Waals surface area contributed by atoms with E-state index in [4.69, 9.17) is 4.74 Å². The van der Waals surface area contributed by atoms with Gasteiger partial charge in [-0.1, -0.05) is 40.2 Å². The molecule has 0 heterocycles. The molecule has 0 saturated carbocycles. The van der Waals surface area contributed by atoms with Crippen LogP contribution in [0.4, 0.5) is 5.69 Å². The van der Waals surface area contributed by atoms with Crippen LogP contribution in [0.3, 0.4) is 0 Å². The molecular formula is C15H16BrNO2. The molecule has 0 aromatic heterocycles. The minimum Gasteiger partial charge on any atom is -0.381 e. The summed E-state index contributed by atoms with van der Waals surface area (Å²) < 4.78 is 6.20. The van der Waals surface area contributed by atoms with Crippen molar-refractivity contribution in [1.29, 1.82) is 0 Å². The Hall–Kier alpha value is -1.39. The van der Waals surface area contributed by atoms with Crippen LogP contribution in [0.15, 0.2) is 40.9 Å². The van der Waals surface area contributed by atoms with Crippen LogP contribution >= 0.6 is 15.9 Å². The molecule has 0 aliphatic rings. The summed E-state index contributed by atoms with van der Waals surface area (Å²) in [6, 6.07) is 11.8. The molecule has 19 heavy (non-hydrogen) atoms. The predicted molar refractivity (Wildman–Crippen MR) is 81.4 cm³/mol. The SMILES string of the molecule is CCOCCC(=O)Nc1ccc(Br)c2ccccc12. The summed E-state index contributed by atoms with van der Waals surface area (Å²) in [4.78, 5) is 11.8. The molecule has 0 bridgehead atoms.